The summed E-state index contributed by atoms with van der Waals surface area (Å²) >= 11 is 11.9. The molecular weight excluding hydrogens is 458 g/mol. The molecule has 0 bridgehead atoms. The SMILES string of the molecule is COc1ccc(Cl)cc1C(=O)N[C@@H](CCCNC(=N)CF)C(=O)NCc1ccc(Cl)cc1. The third kappa shape index (κ3) is 8.01. The molecule has 2 aromatic rings. The first-order chi connectivity index (χ1) is 15.3. The van der Waals surface area contributed by atoms with E-state index in [1.165, 1.54) is 13.2 Å². The summed E-state index contributed by atoms with van der Waals surface area (Å²) in [5.41, 5.74) is 1.05. The second-order valence-electron chi connectivity index (χ2n) is 6.90. The van der Waals surface area contributed by atoms with Crippen molar-refractivity contribution in [3.05, 3.63) is 63.6 Å². The highest BCUT2D eigenvalue weighted by atomic mass is 35.5. The lowest BCUT2D eigenvalue weighted by atomic mass is 10.1. The first kappa shape index (κ1) is 25.4. The molecule has 10 heteroatoms. The van der Waals surface area contributed by atoms with Crippen molar-refractivity contribution in [1.29, 1.82) is 5.41 Å². The Kier molecular flexibility index (Phi) is 10.2. The van der Waals surface area contributed by atoms with Crippen molar-refractivity contribution in [3.63, 3.8) is 0 Å². The van der Waals surface area contributed by atoms with Crippen molar-refractivity contribution < 1.29 is 18.7 Å². The molecule has 0 spiro atoms. The molecule has 1 atom stereocenters. The van der Waals surface area contributed by atoms with E-state index in [1.807, 2.05) is 0 Å². The Bertz CT molecular complexity index is 941. The summed E-state index contributed by atoms with van der Waals surface area (Å²) in [6.45, 7) is -0.343. The van der Waals surface area contributed by atoms with Gasteiger partial charge in [0.15, 0.2) is 0 Å². The number of carbonyl (C=O) groups excluding carboxylic acids is 2. The van der Waals surface area contributed by atoms with Crippen molar-refractivity contribution in [1.82, 2.24) is 16.0 Å². The molecule has 7 nitrogen and oxygen atoms in total. The van der Waals surface area contributed by atoms with Crippen molar-refractivity contribution in [2.24, 2.45) is 0 Å². The number of hydrogen-bond donors (Lipinski definition) is 4. The van der Waals surface area contributed by atoms with Gasteiger partial charge in [0.1, 0.15) is 24.3 Å². The second-order valence-corrected chi connectivity index (χ2v) is 7.77. The van der Waals surface area contributed by atoms with Gasteiger partial charge in [0, 0.05) is 23.1 Å². The fourth-order valence-electron chi connectivity index (χ4n) is 2.87. The van der Waals surface area contributed by atoms with Crippen LogP contribution in [0.2, 0.25) is 10.0 Å². The lowest BCUT2D eigenvalue weighted by Gasteiger charge is -2.20. The van der Waals surface area contributed by atoms with Gasteiger partial charge in [-0.1, -0.05) is 35.3 Å². The van der Waals surface area contributed by atoms with Crippen LogP contribution < -0.4 is 20.7 Å². The fourth-order valence-corrected chi connectivity index (χ4v) is 3.17. The van der Waals surface area contributed by atoms with E-state index < -0.39 is 18.6 Å². The summed E-state index contributed by atoms with van der Waals surface area (Å²) in [6.07, 6.45) is 0.696. The van der Waals surface area contributed by atoms with Gasteiger partial charge in [-0.3, -0.25) is 15.0 Å². The Labute approximate surface area is 196 Å². The molecule has 0 heterocycles. The summed E-state index contributed by atoms with van der Waals surface area (Å²) in [5, 5.41) is 16.4. The minimum absolute atomic E-state index is 0.202. The normalized spacial score (nSPS) is 11.4. The van der Waals surface area contributed by atoms with Crippen molar-refractivity contribution in [2.75, 3.05) is 20.3 Å². The van der Waals surface area contributed by atoms with Crippen LogP contribution in [-0.4, -0.2) is 44.0 Å². The van der Waals surface area contributed by atoms with Gasteiger partial charge < -0.3 is 20.7 Å². The largest absolute Gasteiger partial charge is 0.496 e. The predicted molar refractivity (Wildman–Crippen MR) is 123 cm³/mol. The van der Waals surface area contributed by atoms with Crippen LogP contribution in [0.4, 0.5) is 4.39 Å². The Morgan fingerprint density at radius 1 is 1.09 bits per heavy atom. The molecule has 0 aliphatic rings. The van der Waals surface area contributed by atoms with Gasteiger partial charge >= 0.3 is 0 Å². The molecule has 172 valence electrons. The zero-order valence-electron chi connectivity index (χ0n) is 17.5. The summed E-state index contributed by atoms with van der Waals surface area (Å²) in [6, 6.07) is 10.8. The number of carbonyl (C=O) groups is 2. The lowest BCUT2D eigenvalue weighted by molar-refractivity contribution is -0.123. The number of benzene rings is 2. The van der Waals surface area contributed by atoms with E-state index in [2.05, 4.69) is 16.0 Å². The molecule has 0 saturated carbocycles. The van der Waals surface area contributed by atoms with Crippen LogP contribution in [0.1, 0.15) is 28.8 Å². The number of ether oxygens (including phenoxy) is 1. The average molecular weight is 483 g/mol. The average Bonchev–Trinajstić information content (AvgIpc) is 2.80. The third-order valence-corrected chi connectivity index (χ3v) is 5.04. The van der Waals surface area contributed by atoms with E-state index >= 15 is 0 Å². The minimum atomic E-state index is -0.893. The second kappa shape index (κ2) is 12.9. The summed E-state index contributed by atoms with van der Waals surface area (Å²) in [7, 11) is 1.43. The van der Waals surface area contributed by atoms with Crippen LogP contribution in [-0.2, 0) is 11.3 Å². The maximum Gasteiger partial charge on any atom is 0.255 e. The smallest absolute Gasteiger partial charge is 0.255 e. The molecule has 0 aliphatic heterocycles. The molecule has 0 aliphatic carbocycles. The molecule has 2 aromatic carbocycles. The predicted octanol–water partition coefficient (Wildman–Crippen LogP) is 3.73. The summed E-state index contributed by atoms with van der Waals surface area (Å²) < 4.78 is 17.6. The molecule has 0 unspecified atom stereocenters. The van der Waals surface area contributed by atoms with E-state index in [0.29, 0.717) is 28.8 Å². The van der Waals surface area contributed by atoms with Crippen LogP contribution in [0.3, 0.4) is 0 Å². The molecule has 2 rings (SSSR count). The molecule has 4 N–H and O–H groups in total. The first-order valence-electron chi connectivity index (χ1n) is 9.88. The van der Waals surface area contributed by atoms with Crippen LogP contribution in [0.5, 0.6) is 5.75 Å². The van der Waals surface area contributed by atoms with Gasteiger partial charge in [-0.05, 0) is 48.7 Å². The monoisotopic (exact) mass is 482 g/mol. The van der Waals surface area contributed by atoms with Gasteiger partial charge in [0.2, 0.25) is 5.91 Å². The Balaban J connectivity index is 2.07. The highest BCUT2D eigenvalue weighted by Crippen LogP contribution is 2.22. The highest BCUT2D eigenvalue weighted by Gasteiger charge is 2.23. The van der Waals surface area contributed by atoms with Gasteiger partial charge in [-0.25, -0.2) is 4.39 Å². The zero-order valence-corrected chi connectivity index (χ0v) is 19.0. The van der Waals surface area contributed by atoms with Crippen molar-refractivity contribution >= 4 is 40.9 Å². The highest BCUT2D eigenvalue weighted by molar-refractivity contribution is 6.31. The number of halogens is 3. The molecule has 32 heavy (non-hydrogen) atoms. The van der Waals surface area contributed by atoms with Gasteiger partial charge in [-0.2, -0.15) is 0 Å². The maximum absolute atomic E-state index is 12.8. The lowest BCUT2D eigenvalue weighted by Crippen LogP contribution is -2.47. The maximum atomic E-state index is 12.8. The van der Waals surface area contributed by atoms with Gasteiger partial charge in [0.25, 0.3) is 5.91 Å². The number of rotatable bonds is 11. The molecule has 0 aromatic heterocycles. The van der Waals surface area contributed by atoms with Crippen molar-refractivity contribution in [3.8, 4) is 5.75 Å². The Hall–Kier alpha value is -2.84. The number of methoxy groups -OCH3 is 1. The molecular formula is C22H25Cl2FN4O3. The van der Waals surface area contributed by atoms with E-state index in [0.717, 1.165) is 5.56 Å². The molecule has 0 saturated heterocycles. The number of nitrogens with one attached hydrogen (secondary N) is 4. The van der Waals surface area contributed by atoms with Crippen LogP contribution in [0.15, 0.2) is 42.5 Å². The van der Waals surface area contributed by atoms with Crippen LogP contribution in [0, 0.1) is 5.41 Å². The quantitative estimate of drug-likeness (QED) is 0.222. The third-order valence-electron chi connectivity index (χ3n) is 4.55. The first-order valence-corrected chi connectivity index (χ1v) is 10.6. The minimum Gasteiger partial charge on any atom is -0.496 e. The summed E-state index contributed by atoms with van der Waals surface area (Å²) in [5.74, 6) is -0.804. The van der Waals surface area contributed by atoms with Gasteiger partial charge in [-0.15, -0.1) is 0 Å². The van der Waals surface area contributed by atoms with E-state index in [1.54, 1.807) is 36.4 Å². The number of alkyl halides is 1. The number of amides is 2. The number of hydrogen-bond acceptors (Lipinski definition) is 4. The van der Waals surface area contributed by atoms with Crippen LogP contribution in [0.25, 0.3) is 0 Å². The molecule has 2 amide bonds. The van der Waals surface area contributed by atoms with E-state index in [9.17, 15) is 14.0 Å². The topological polar surface area (TPSA) is 103 Å². The molecule has 0 fully saturated rings. The number of amidine groups is 1. The van der Waals surface area contributed by atoms with Gasteiger partial charge in [0.05, 0.1) is 12.7 Å². The molecule has 0 radical (unpaired) electrons. The Morgan fingerprint density at radius 3 is 2.44 bits per heavy atom. The van der Waals surface area contributed by atoms with Crippen molar-refractivity contribution in [2.45, 2.75) is 25.4 Å². The zero-order chi connectivity index (χ0) is 23.5. The Morgan fingerprint density at radius 2 is 1.78 bits per heavy atom. The van der Waals surface area contributed by atoms with E-state index in [-0.39, 0.29) is 30.3 Å². The fraction of sp³-hybridized carbons (Fsp3) is 0.318. The van der Waals surface area contributed by atoms with Crippen LogP contribution >= 0.6 is 23.2 Å². The summed E-state index contributed by atoms with van der Waals surface area (Å²) in [4.78, 5) is 25.7. The standard InChI is InChI=1S/C22H25Cl2FN4O3/c1-32-19-9-8-16(24)11-17(19)21(30)29-18(3-2-10-27-20(26)12-25)22(31)28-13-14-4-6-15(23)7-5-14/h4-9,11,18H,2-3,10,12-13H2,1H3,(H2,26,27)(H,28,31)(H,29,30)/t18-/m0/s1. The van der Waals surface area contributed by atoms with E-state index in [4.69, 9.17) is 33.3 Å².